The molecule has 0 saturated heterocycles. The Hall–Kier alpha value is -2.30. The zero-order chi connectivity index (χ0) is 20.1. The highest BCUT2D eigenvalue weighted by Gasteiger charge is 2.15. The summed E-state index contributed by atoms with van der Waals surface area (Å²) in [6, 6.07) is 14.3. The minimum absolute atomic E-state index is 0.499. The lowest BCUT2D eigenvalue weighted by Crippen LogP contribution is -2.22. The summed E-state index contributed by atoms with van der Waals surface area (Å²) in [6.07, 6.45) is 9.83. The van der Waals surface area contributed by atoms with Gasteiger partial charge in [0, 0.05) is 35.6 Å². The topological polar surface area (TPSA) is 49.8 Å². The third-order valence-corrected chi connectivity index (χ3v) is 5.82. The number of rotatable bonds is 6. The van der Waals surface area contributed by atoms with E-state index >= 15 is 0 Å². The van der Waals surface area contributed by atoms with E-state index < -0.39 is 0 Å². The number of nitrogens with one attached hydrogen (secondary N) is 2. The molecular formula is C23H24Cl2N4. The Bertz CT molecular complexity index is 953. The molecule has 2 N–H and O–H groups in total. The summed E-state index contributed by atoms with van der Waals surface area (Å²) in [5.41, 5.74) is 3.11. The first-order chi connectivity index (χ1) is 14.2. The van der Waals surface area contributed by atoms with E-state index in [-0.39, 0.29) is 0 Å². The van der Waals surface area contributed by atoms with Gasteiger partial charge in [0.05, 0.1) is 5.02 Å². The summed E-state index contributed by atoms with van der Waals surface area (Å²) >= 11 is 12.4. The van der Waals surface area contributed by atoms with Crippen molar-refractivity contribution in [1.82, 2.24) is 9.97 Å². The zero-order valence-electron chi connectivity index (χ0n) is 16.2. The molecule has 1 saturated carbocycles. The lowest BCUT2D eigenvalue weighted by molar-refractivity contribution is 0.462. The van der Waals surface area contributed by atoms with Gasteiger partial charge in [0.15, 0.2) is 0 Å². The fourth-order valence-electron chi connectivity index (χ4n) is 3.68. The Labute approximate surface area is 181 Å². The number of hydrogen-bond acceptors (Lipinski definition) is 4. The molecule has 2 heterocycles. The highest BCUT2D eigenvalue weighted by atomic mass is 35.5. The normalized spacial score (nSPS) is 14.6. The molecule has 0 bridgehead atoms. The molecule has 1 aromatic carbocycles. The maximum Gasteiger partial charge on any atom is 0.126 e. The monoisotopic (exact) mass is 426 g/mol. The van der Waals surface area contributed by atoms with Crippen LogP contribution in [0, 0.1) is 0 Å². The van der Waals surface area contributed by atoms with Crippen LogP contribution >= 0.6 is 23.2 Å². The van der Waals surface area contributed by atoms with Gasteiger partial charge in [-0.15, -0.1) is 0 Å². The molecule has 1 aliphatic rings. The van der Waals surface area contributed by atoms with Gasteiger partial charge in [-0.25, -0.2) is 9.97 Å². The van der Waals surface area contributed by atoms with Crippen LogP contribution in [0.1, 0.15) is 37.7 Å². The quantitative estimate of drug-likeness (QED) is 0.454. The predicted molar refractivity (Wildman–Crippen MR) is 122 cm³/mol. The van der Waals surface area contributed by atoms with E-state index in [9.17, 15) is 0 Å². The van der Waals surface area contributed by atoms with E-state index in [1.807, 2.05) is 42.5 Å². The van der Waals surface area contributed by atoms with Crippen LogP contribution in [0.25, 0.3) is 11.1 Å². The maximum absolute atomic E-state index is 6.47. The highest BCUT2D eigenvalue weighted by Crippen LogP contribution is 2.31. The highest BCUT2D eigenvalue weighted by molar-refractivity contribution is 6.33. The second-order valence-corrected chi connectivity index (χ2v) is 8.28. The largest absolute Gasteiger partial charge is 0.367 e. The number of pyridine rings is 2. The summed E-state index contributed by atoms with van der Waals surface area (Å²) in [5.74, 6) is 1.68. The molecular weight excluding hydrogens is 403 g/mol. The van der Waals surface area contributed by atoms with Crippen molar-refractivity contribution in [3.05, 3.63) is 70.5 Å². The number of anilines is 2. The molecule has 6 heteroatoms. The molecule has 3 aromatic rings. The summed E-state index contributed by atoms with van der Waals surface area (Å²) in [4.78, 5) is 8.91. The maximum atomic E-state index is 6.47. The van der Waals surface area contributed by atoms with Gasteiger partial charge in [-0.3, -0.25) is 0 Å². The van der Waals surface area contributed by atoms with E-state index in [1.165, 1.54) is 32.1 Å². The van der Waals surface area contributed by atoms with Gasteiger partial charge in [0.25, 0.3) is 0 Å². The van der Waals surface area contributed by atoms with Crippen molar-refractivity contribution >= 4 is 34.8 Å². The second kappa shape index (κ2) is 9.47. The average Bonchev–Trinajstić information content (AvgIpc) is 2.76. The van der Waals surface area contributed by atoms with E-state index in [1.54, 1.807) is 12.4 Å². The Morgan fingerprint density at radius 3 is 2.48 bits per heavy atom. The van der Waals surface area contributed by atoms with Crippen LogP contribution in [-0.2, 0) is 6.54 Å². The lowest BCUT2D eigenvalue weighted by atomic mass is 9.95. The Kier molecular flexibility index (Phi) is 6.53. The summed E-state index contributed by atoms with van der Waals surface area (Å²) < 4.78 is 0. The van der Waals surface area contributed by atoms with Crippen molar-refractivity contribution < 1.29 is 0 Å². The van der Waals surface area contributed by atoms with E-state index in [0.717, 1.165) is 33.3 Å². The summed E-state index contributed by atoms with van der Waals surface area (Å²) in [5, 5.41) is 8.30. The molecule has 29 heavy (non-hydrogen) atoms. The zero-order valence-corrected chi connectivity index (χ0v) is 17.7. The lowest BCUT2D eigenvalue weighted by Gasteiger charge is -2.23. The van der Waals surface area contributed by atoms with E-state index in [4.69, 9.17) is 23.2 Å². The molecule has 4 rings (SSSR count). The van der Waals surface area contributed by atoms with Gasteiger partial charge in [0.2, 0.25) is 0 Å². The van der Waals surface area contributed by atoms with Crippen molar-refractivity contribution in [2.45, 2.75) is 44.7 Å². The van der Waals surface area contributed by atoms with E-state index in [0.29, 0.717) is 17.6 Å². The Morgan fingerprint density at radius 2 is 1.69 bits per heavy atom. The number of hydrogen-bond donors (Lipinski definition) is 2. The van der Waals surface area contributed by atoms with Gasteiger partial charge in [-0.2, -0.15) is 0 Å². The van der Waals surface area contributed by atoms with Crippen LogP contribution < -0.4 is 10.6 Å². The molecule has 150 valence electrons. The molecule has 0 atom stereocenters. The van der Waals surface area contributed by atoms with Crippen LogP contribution in [-0.4, -0.2) is 16.0 Å². The van der Waals surface area contributed by atoms with Gasteiger partial charge in [-0.05, 0) is 54.3 Å². The Morgan fingerprint density at radius 1 is 0.897 bits per heavy atom. The van der Waals surface area contributed by atoms with Gasteiger partial charge in [0.1, 0.15) is 11.6 Å². The van der Waals surface area contributed by atoms with Crippen molar-refractivity contribution in [2.24, 2.45) is 0 Å². The van der Waals surface area contributed by atoms with Crippen molar-refractivity contribution in [3.8, 4) is 11.1 Å². The second-order valence-electron chi connectivity index (χ2n) is 7.44. The van der Waals surface area contributed by atoms with Crippen molar-refractivity contribution in [1.29, 1.82) is 0 Å². The number of aromatic nitrogens is 2. The molecule has 0 radical (unpaired) electrons. The molecule has 1 fully saturated rings. The first kappa shape index (κ1) is 20.0. The van der Waals surface area contributed by atoms with E-state index in [2.05, 4.69) is 20.6 Å². The molecule has 0 unspecified atom stereocenters. The first-order valence-corrected chi connectivity index (χ1v) is 10.8. The number of benzene rings is 1. The number of nitrogens with zero attached hydrogens (tertiary/aromatic N) is 2. The fraction of sp³-hybridized carbons (Fsp3) is 0.304. The fourth-order valence-corrected chi connectivity index (χ4v) is 4.02. The summed E-state index contributed by atoms with van der Waals surface area (Å²) in [6.45, 7) is 0.673. The predicted octanol–water partition coefficient (Wildman–Crippen LogP) is 6.81. The summed E-state index contributed by atoms with van der Waals surface area (Å²) in [7, 11) is 0. The number of halogens is 2. The van der Waals surface area contributed by atoms with Gasteiger partial charge < -0.3 is 10.6 Å². The molecule has 0 amide bonds. The van der Waals surface area contributed by atoms with Crippen LogP contribution in [0.3, 0.4) is 0 Å². The van der Waals surface area contributed by atoms with Gasteiger partial charge in [-0.1, -0.05) is 54.6 Å². The molecule has 0 spiro atoms. The van der Waals surface area contributed by atoms with Gasteiger partial charge >= 0.3 is 0 Å². The molecule has 4 nitrogen and oxygen atoms in total. The minimum atomic E-state index is 0.499. The SMILES string of the molecule is Clc1ccc(CNc2cc(-c3cc(NC4CCCCC4)ncc3Cl)ccn2)cc1. The smallest absolute Gasteiger partial charge is 0.126 e. The third-order valence-electron chi connectivity index (χ3n) is 5.27. The van der Waals surface area contributed by atoms with Crippen LogP contribution in [0.4, 0.5) is 11.6 Å². The molecule has 2 aromatic heterocycles. The molecule has 0 aliphatic heterocycles. The minimum Gasteiger partial charge on any atom is -0.367 e. The van der Waals surface area contributed by atoms with Crippen molar-refractivity contribution in [3.63, 3.8) is 0 Å². The van der Waals surface area contributed by atoms with Crippen LogP contribution in [0.5, 0.6) is 0 Å². The standard InChI is InChI=1S/C23H24Cl2N4/c24-18-8-6-16(7-9-18)14-27-22-12-17(10-11-26-22)20-13-23(28-15-21(20)25)29-19-4-2-1-3-5-19/h6-13,15,19H,1-5,14H2,(H,26,27)(H,28,29). The first-order valence-electron chi connectivity index (χ1n) is 10.0. The van der Waals surface area contributed by atoms with Crippen LogP contribution in [0.2, 0.25) is 10.0 Å². The van der Waals surface area contributed by atoms with Crippen LogP contribution in [0.15, 0.2) is 54.9 Å². The Balaban J connectivity index is 1.49. The molecule has 1 aliphatic carbocycles. The van der Waals surface area contributed by atoms with Crippen molar-refractivity contribution in [2.75, 3.05) is 10.6 Å². The third kappa shape index (κ3) is 5.40. The average molecular weight is 427 g/mol.